The van der Waals surface area contributed by atoms with Gasteiger partial charge in [-0.3, -0.25) is 0 Å². The highest BCUT2D eigenvalue weighted by molar-refractivity contribution is 5.52. The topological polar surface area (TPSA) is 202 Å². The Labute approximate surface area is 560 Å². The average molecular weight is 1310 g/mol. The molecule has 0 fully saturated rings. The van der Waals surface area contributed by atoms with Crippen molar-refractivity contribution >= 4 is 0 Å². The number of phenolic OH excluding ortho intramolecular Hbond substituents is 10. The molecule has 7 aromatic carbocycles. The number of halogens is 4. The van der Waals surface area contributed by atoms with Gasteiger partial charge in [-0.2, -0.15) is 8.78 Å². The minimum atomic E-state index is -1.75. The van der Waals surface area contributed by atoms with Gasteiger partial charge < -0.3 is 51.1 Å². The summed E-state index contributed by atoms with van der Waals surface area (Å²) in [5.74, 6) is -7.05. The maximum Gasteiger partial charge on any atom is 0.203 e. The standard InChI is InChI=1S/C13H20O.C12H18O.C11H12F4O.C11H16O3.C11H16O2.2C11H16O/c1-6-13(4,5)11-7-9(2)12(14)10(3)8-11;1-5-12(3,4)10-6-7-11(13)9(2)8-10;1-4-11(2,3)5-6(12)8(14)10(16)9(15)7(5)13;1-4-11(2,3)10-8(13)5-7(12)6-9(10)14;1-4-11(2,3)8-5-6-9(12)10(13)7-8;1-4-11(2,3)9-5-7-10(12)8-6-9;1-4-11(2,3)9-6-5-7-10(12)8-9/h7-8,14H,6H2,1-5H3;6-8,13H,5H2,1-4H3;16H,4H2,1-3H3;5-6,12-14H,4H2,1-3H3;5-7,12-13H,4H2,1-3H3;2*5-8,12H,4H2,1-3H3. The van der Waals surface area contributed by atoms with Crippen molar-refractivity contribution < 1.29 is 68.6 Å². The maximum atomic E-state index is 13.4. The molecular formula is C80H114F4O10. The van der Waals surface area contributed by atoms with Crippen LogP contribution in [0.4, 0.5) is 17.6 Å². The first-order chi connectivity index (χ1) is 43.1. The zero-order valence-corrected chi connectivity index (χ0v) is 60.8. The van der Waals surface area contributed by atoms with Gasteiger partial charge in [0.1, 0.15) is 40.2 Å². The van der Waals surface area contributed by atoms with Crippen molar-refractivity contribution in [2.45, 2.75) is 249 Å². The third-order valence-corrected chi connectivity index (χ3v) is 19.1. The Morgan fingerprint density at radius 3 is 0.957 bits per heavy atom. The molecule has 7 aromatic rings. The van der Waals surface area contributed by atoms with E-state index in [9.17, 15) is 48.2 Å². The molecule has 0 aliphatic rings. The molecule has 0 amide bonds. The summed E-state index contributed by atoms with van der Waals surface area (Å²) in [6.45, 7) is 49.0. The minimum absolute atomic E-state index is 0.0426. The normalized spacial score (nSPS) is 11.7. The van der Waals surface area contributed by atoms with Crippen molar-refractivity contribution in [1.29, 1.82) is 0 Å². The van der Waals surface area contributed by atoms with E-state index in [0.717, 1.165) is 60.8 Å². The van der Waals surface area contributed by atoms with Crippen LogP contribution in [0, 0.1) is 44.0 Å². The molecule has 10 N–H and O–H groups in total. The van der Waals surface area contributed by atoms with Crippen LogP contribution in [0.5, 0.6) is 57.5 Å². The first kappa shape index (κ1) is 84.3. The lowest BCUT2D eigenvalue weighted by atomic mass is 9.81. The summed E-state index contributed by atoms with van der Waals surface area (Å²) in [5, 5.41) is 93.0. The van der Waals surface area contributed by atoms with E-state index in [0.29, 0.717) is 35.0 Å². The highest BCUT2D eigenvalue weighted by Crippen LogP contribution is 2.43. The van der Waals surface area contributed by atoms with Crippen LogP contribution in [0.2, 0.25) is 0 Å². The number of aryl methyl sites for hydroxylation is 3. The molecule has 94 heavy (non-hydrogen) atoms. The smallest absolute Gasteiger partial charge is 0.203 e. The van der Waals surface area contributed by atoms with E-state index in [4.69, 9.17) is 20.4 Å². The van der Waals surface area contributed by atoms with Crippen LogP contribution in [0.3, 0.4) is 0 Å². The van der Waals surface area contributed by atoms with E-state index < -0.39 is 40.0 Å². The van der Waals surface area contributed by atoms with E-state index in [1.165, 1.54) is 54.3 Å². The molecule has 522 valence electrons. The molecular weight excluding hydrogens is 1200 g/mol. The molecule has 0 aliphatic carbocycles. The monoisotopic (exact) mass is 1310 g/mol. The molecule has 10 nitrogen and oxygen atoms in total. The zero-order chi connectivity index (χ0) is 73.0. The third kappa shape index (κ3) is 23.6. The Hall–Kier alpha value is -7.74. The first-order valence-corrected chi connectivity index (χ1v) is 32.6. The number of benzene rings is 7. The Bertz CT molecular complexity index is 3390. The molecule has 0 heterocycles. The summed E-state index contributed by atoms with van der Waals surface area (Å²) in [4.78, 5) is 0. The van der Waals surface area contributed by atoms with Gasteiger partial charge in [0.15, 0.2) is 28.9 Å². The van der Waals surface area contributed by atoms with Gasteiger partial charge in [0.2, 0.25) is 11.6 Å². The van der Waals surface area contributed by atoms with Gasteiger partial charge in [-0.15, -0.1) is 0 Å². The second-order valence-electron chi connectivity index (χ2n) is 28.8. The molecule has 0 atom stereocenters. The van der Waals surface area contributed by atoms with Crippen molar-refractivity contribution in [2.24, 2.45) is 0 Å². The molecule has 0 aromatic heterocycles. The van der Waals surface area contributed by atoms with Crippen molar-refractivity contribution in [3.05, 3.63) is 188 Å². The third-order valence-electron chi connectivity index (χ3n) is 19.1. The molecule has 0 aliphatic heterocycles. The van der Waals surface area contributed by atoms with Crippen LogP contribution < -0.4 is 0 Å². The summed E-state index contributed by atoms with van der Waals surface area (Å²) in [5.41, 5.74) is 8.32. The summed E-state index contributed by atoms with van der Waals surface area (Å²) < 4.78 is 53.0. The molecule has 14 heteroatoms. The van der Waals surface area contributed by atoms with Crippen LogP contribution >= 0.6 is 0 Å². The summed E-state index contributed by atoms with van der Waals surface area (Å²) in [7, 11) is 0. The van der Waals surface area contributed by atoms with Crippen LogP contribution in [0.15, 0.2) is 109 Å². The molecule has 0 saturated heterocycles. The fraction of sp³-hybridized carbons (Fsp3) is 0.475. The second-order valence-corrected chi connectivity index (χ2v) is 28.8. The van der Waals surface area contributed by atoms with E-state index in [2.05, 4.69) is 128 Å². The Morgan fingerprint density at radius 1 is 0.255 bits per heavy atom. The Morgan fingerprint density at radius 2 is 0.585 bits per heavy atom. The number of rotatable bonds is 14. The van der Waals surface area contributed by atoms with Crippen LogP contribution in [0.1, 0.15) is 246 Å². The molecule has 0 saturated carbocycles. The van der Waals surface area contributed by atoms with Gasteiger partial charge in [-0.1, -0.05) is 200 Å². The van der Waals surface area contributed by atoms with Crippen LogP contribution in [-0.4, -0.2) is 51.1 Å². The minimum Gasteiger partial charge on any atom is -0.508 e. The first-order valence-electron chi connectivity index (χ1n) is 32.6. The van der Waals surface area contributed by atoms with Gasteiger partial charge in [-0.05, 0) is 191 Å². The van der Waals surface area contributed by atoms with Crippen molar-refractivity contribution in [1.82, 2.24) is 0 Å². The van der Waals surface area contributed by atoms with Crippen molar-refractivity contribution in [3.63, 3.8) is 0 Å². The largest absolute Gasteiger partial charge is 0.508 e. The number of phenols is 10. The lowest BCUT2D eigenvalue weighted by molar-refractivity contribution is 0.333. The molecule has 0 bridgehead atoms. The van der Waals surface area contributed by atoms with Crippen LogP contribution in [-0.2, 0) is 37.9 Å². The van der Waals surface area contributed by atoms with Crippen molar-refractivity contribution in [2.75, 3.05) is 0 Å². The van der Waals surface area contributed by atoms with Gasteiger partial charge in [-0.25, -0.2) is 8.78 Å². The number of hydrogen-bond acceptors (Lipinski definition) is 10. The highest BCUT2D eigenvalue weighted by Gasteiger charge is 2.34. The summed E-state index contributed by atoms with van der Waals surface area (Å²) in [6.07, 6.45) is 6.49. The Balaban J connectivity index is 0.000000549. The lowest BCUT2D eigenvalue weighted by Gasteiger charge is -2.25. The fourth-order valence-corrected chi connectivity index (χ4v) is 9.09. The Kier molecular flexibility index (Phi) is 31.5. The second kappa shape index (κ2) is 35.1. The van der Waals surface area contributed by atoms with E-state index in [1.54, 1.807) is 37.3 Å². The van der Waals surface area contributed by atoms with Crippen molar-refractivity contribution in [3.8, 4) is 57.5 Å². The van der Waals surface area contributed by atoms with E-state index in [-0.39, 0.29) is 61.2 Å². The SMILES string of the molecule is CCC(C)(C)c1c(F)c(F)c(O)c(F)c1F.CCC(C)(C)c1c(O)cc(O)cc1O.CCC(C)(C)c1cc(C)c(O)c(C)c1.CCC(C)(C)c1ccc(O)c(C)c1.CCC(C)(C)c1ccc(O)c(O)c1.CCC(C)(C)c1ccc(O)cc1.CCC(C)(C)c1cccc(O)c1. The van der Waals surface area contributed by atoms with Gasteiger partial charge >= 0.3 is 0 Å². The number of hydrogen-bond donors (Lipinski definition) is 10. The van der Waals surface area contributed by atoms with E-state index in [1.807, 2.05) is 77.9 Å². The summed E-state index contributed by atoms with van der Waals surface area (Å²) in [6, 6.07) is 32.5. The quantitative estimate of drug-likeness (QED) is 0.0284. The highest BCUT2D eigenvalue weighted by atomic mass is 19.2. The molecule has 0 unspecified atom stereocenters. The van der Waals surface area contributed by atoms with Gasteiger partial charge in [0.05, 0.1) is 0 Å². The number of aromatic hydroxyl groups is 10. The van der Waals surface area contributed by atoms with Crippen LogP contribution in [0.25, 0.3) is 0 Å². The molecule has 7 rings (SSSR count). The maximum absolute atomic E-state index is 13.4. The molecule has 0 radical (unpaired) electrons. The van der Waals surface area contributed by atoms with E-state index >= 15 is 0 Å². The molecule has 0 spiro atoms. The average Bonchev–Trinajstić information content (AvgIpc) is 0.834. The summed E-state index contributed by atoms with van der Waals surface area (Å²) >= 11 is 0. The predicted molar refractivity (Wildman–Crippen MR) is 379 cm³/mol. The van der Waals surface area contributed by atoms with Gasteiger partial charge in [0, 0.05) is 23.3 Å². The zero-order valence-electron chi connectivity index (χ0n) is 60.8. The van der Waals surface area contributed by atoms with Gasteiger partial charge in [0.25, 0.3) is 0 Å². The fourth-order valence-electron chi connectivity index (χ4n) is 9.09. The predicted octanol–water partition coefficient (Wildman–Crippen LogP) is 22.2. The lowest BCUT2D eigenvalue weighted by Crippen LogP contribution is -2.21.